The van der Waals surface area contributed by atoms with E-state index in [4.69, 9.17) is 0 Å². The van der Waals surface area contributed by atoms with E-state index in [-0.39, 0.29) is 29.7 Å². The maximum Gasteiger partial charge on any atom is -0.0776 e. The van der Waals surface area contributed by atoms with E-state index in [1.807, 2.05) is 0 Å². The minimum absolute atomic E-state index is 0. The van der Waals surface area contributed by atoms with E-state index in [0.717, 1.165) is 0 Å². The SMILES string of the molecule is C.C.C.C.C#C. The average molecular weight is 90.2 g/mol. The van der Waals surface area contributed by atoms with Gasteiger partial charge in [0.1, 0.15) is 0 Å². The lowest BCUT2D eigenvalue weighted by Gasteiger charge is -0.701. The lowest BCUT2D eigenvalue weighted by atomic mass is 11.4. The van der Waals surface area contributed by atoms with Gasteiger partial charge in [-0.2, -0.15) is 0 Å². The molecule has 0 heteroatoms. The first-order valence-electron chi connectivity index (χ1n) is 0.333. The van der Waals surface area contributed by atoms with Gasteiger partial charge in [-0.1, -0.05) is 29.7 Å². The lowest BCUT2D eigenvalue weighted by Crippen LogP contribution is -0.576. The Kier molecular flexibility index (Phi) is 18300. The van der Waals surface area contributed by atoms with Crippen LogP contribution in [0.25, 0.3) is 0 Å². The predicted octanol–water partition coefficient (Wildman–Crippen LogP) is 2.79. The van der Waals surface area contributed by atoms with Crippen LogP contribution in [0.15, 0.2) is 0 Å². The van der Waals surface area contributed by atoms with Gasteiger partial charge < -0.3 is 0 Å². The van der Waals surface area contributed by atoms with E-state index in [0.29, 0.717) is 0 Å². The summed E-state index contributed by atoms with van der Waals surface area (Å²) < 4.78 is 0. The molecule has 0 aliphatic rings. The zero-order chi connectivity index (χ0) is 2.00. The maximum absolute atomic E-state index is 4.00. The summed E-state index contributed by atoms with van der Waals surface area (Å²) in [5.41, 5.74) is 0. The van der Waals surface area contributed by atoms with Gasteiger partial charge in [0, 0.05) is 0 Å². The number of hydrogen-bond acceptors (Lipinski definition) is 0. The molecule has 0 heterocycles. The Balaban J connectivity index is -0.000000000833. The summed E-state index contributed by atoms with van der Waals surface area (Å²) in [5.74, 6) is 0. The van der Waals surface area contributed by atoms with Gasteiger partial charge in [0.25, 0.3) is 0 Å². The van der Waals surface area contributed by atoms with E-state index in [9.17, 15) is 0 Å². The van der Waals surface area contributed by atoms with Crippen LogP contribution in [-0.4, -0.2) is 0 Å². The third kappa shape index (κ3) is 121. The van der Waals surface area contributed by atoms with E-state index in [2.05, 4.69) is 12.8 Å². The molecule has 0 aromatic rings. The molecule has 0 fully saturated rings. The second-order valence-electron chi connectivity index (χ2n) is 0. The monoisotopic (exact) mass is 90.1 g/mol. The smallest absolute Gasteiger partial charge is 0.0776 e. The van der Waals surface area contributed by atoms with Crippen LogP contribution in [0.3, 0.4) is 0 Å². The first kappa shape index (κ1) is 369. The number of hydrogen-bond donors (Lipinski definition) is 0. The van der Waals surface area contributed by atoms with Crippen LogP contribution in [0, 0.1) is 12.8 Å². The van der Waals surface area contributed by atoms with Gasteiger partial charge in [-0.15, -0.1) is 12.8 Å². The van der Waals surface area contributed by atoms with Crippen molar-refractivity contribution in [1.82, 2.24) is 0 Å². The quantitative estimate of drug-likeness (QED) is 0.401. The van der Waals surface area contributed by atoms with Crippen LogP contribution >= 0.6 is 0 Å². The van der Waals surface area contributed by atoms with Gasteiger partial charge >= 0.3 is 0 Å². The van der Waals surface area contributed by atoms with Gasteiger partial charge in [-0.25, -0.2) is 0 Å². The van der Waals surface area contributed by atoms with E-state index < -0.39 is 0 Å². The summed E-state index contributed by atoms with van der Waals surface area (Å²) in [7, 11) is 0. The molecule has 0 atom stereocenters. The van der Waals surface area contributed by atoms with E-state index >= 15 is 0 Å². The van der Waals surface area contributed by atoms with Gasteiger partial charge in [0.05, 0.1) is 0 Å². The van der Waals surface area contributed by atoms with E-state index in [1.54, 1.807) is 0 Å². The van der Waals surface area contributed by atoms with Crippen LogP contribution < -0.4 is 0 Å². The molecule has 0 nitrogen and oxygen atoms in total. The van der Waals surface area contributed by atoms with Crippen LogP contribution in [0.4, 0.5) is 0 Å². The van der Waals surface area contributed by atoms with Crippen molar-refractivity contribution in [3.63, 3.8) is 0 Å². The second-order valence-corrected chi connectivity index (χ2v) is 0. The molecule has 0 aromatic heterocycles. The Morgan fingerprint density at radius 1 is 0.500 bits per heavy atom. The first-order valence-corrected chi connectivity index (χ1v) is 0.333. The molecule has 0 saturated carbocycles. The minimum atomic E-state index is 0. The summed E-state index contributed by atoms with van der Waals surface area (Å²) >= 11 is 0. The molecule has 0 aliphatic carbocycles. The van der Waals surface area contributed by atoms with Crippen LogP contribution in [-0.2, 0) is 0 Å². The summed E-state index contributed by atoms with van der Waals surface area (Å²) in [6, 6.07) is 0. The largest absolute Gasteiger partial charge is 0.124 e. The first-order chi connectivity index (χ1) is 1.00. The van der Waals surface area contributed by atoms with Crippen LogP contribution in [0.5, 0.6) is 0 Å². The third-order valence-corrected chi connectivity index (χ3v) is 0. The molecular weight excluding hydrogens is 72.1 g/mol. The Morgan fingerprint density at radius 3 is 0.500 bits per heavy atom. The fraction of sp³-hybridized carbons (Fsp3) is 0.667. The fourth-order valence-electron chi connectivity index (χ4n) is 0. The highest BCUT2D eigenvalue weighted by atomic mass is 12.6. The molecule has 0 unspecified atom stereocenters. The van der Waals surface area contributed by atoms with Crippen molar-refractivity contribution in [2.45, 2.75) is 29.7 Å². The molecule has 0 amide bonds. The number of terminal acetylenes is 1. The molecule has 0 N–H and O–H groups in total. The zero-order valence-electron chi connectivity index (χ0n) is 1.15. The normalized spacial score (nSPS) is 0.333. The van der Waals surface area contributed by atoms with Gasteiger partial charge in [0.15, 0.2) is 0 Å². The van der Waals surface area contributed by atoms with Gasteiger partial charge in [-0.3, -0.25) is 0 Å². The highest BCUT2D eigenvalue weighted by Crippen LogP contribution is 0.579. The zero-order valence-corrected chi connectivity index (χ0v) is 1.15. The second kappa shape index (κ2) is 299. The molecule has 0 spiro atoms. The van der Waals surface area contributed by atoms with Crippen molar-refractivity contribution in [3.8, 4) is 12.8 Å². The molecule has 0 saturated heterocycles. The third-order valence-electron chi connectivity index (χ3n) is 0. The highest BCUT2D eigenvalue weighted by Gasteiger charge is 0.454. The molecule has 0 aliphatic heterocycles. The molecule has 0 radical (unpaired) electrons. The van der Waals surface area contributed by atoms with Crippen LogP contribution in [0.1, 0.15) is 29.7 Å². The Labute approximate surface area is 43.6 Å². The van der Waals surface area contributed by atoms with Crippen LogP contribution in [0.2, 0.25) is 0 Å². The minimum Gasteiger partial charge on any atom is -0.124 e. The number of rotatable bonds is 0. The van der Waals surface area contributed by atoms with E-state index in [1.165, 1.54) is 0 Å². The summed E-state index contributed by atoms with van der Waals surface area (Å²) in [6.07, 6.45) is 8.00. The molecule has 0 aromatic carbocycles. The van der Waals surface area contributed by atoms with Crippen molar-refractivity contribution in [3.05, 3.63) is 0 Å². The summed E-state index contributed by atoms with van der Waals surface area (Å²) in [4.78, 5) is 0. The Morgan fingerprint density at radius 2 is 0.500 bits per heavy atom. The molecule has 42 valence electrons. The predicted molar refractivity (Wildman–Crippen MR) is 36.8 cm³/mol. The molecule has 0 bridgehead atoms. The standard InChI is InChI=1S/C2H2.4CH4/c1-2;;;;/h1-2H;4*1H4. The fourth-order valence-corrected chi connectivity index (χ4v) is 0. The van der Waals surface area contributed by atoms with Crippen molar-refractivity contribution in [1.29, 1.82) is 0 Å². The summed E-state index contributed by atoms with van der Waals surface area (Å²) in [6.45, 7) is 0. The molecule has 0 rings (SSSR count). The van der Waals surface area contributed by atoms with Crippen molar-refractivity contribution >= 4 is 0 Å². The topological polar surface area (TPSA) is 0 Å². The van der Waals surface area contributed by atoms with Crippen molar-refractivity contribution in [2.75, 3.05) is 0 Å². The maximum atomic E-state index is 4.00. The Bertz CT molecular complexity index is 4.75. The summed E-state index contributed by atoms with van der Waals surface area (Å²) in [5, 5.41) is 0. The Hall–Kier alpha value is -0.440. The average Bonchev–Trinajstić information content (AvgIpc) is 1.00. The van der Waals surface area contributed by atoms with Gasteiger partial charge in [-0.05, 0) is 0 Å². The van der Waals surface area contributed by atoms with Crippen molar-refractivity contribution < 1.29 is 0 Å². The lowest BCUT2D eigenvalue weighted by molar-refractivity contribution is 2.50. The van der Waals surface area contributed by atoms with Crippen molar-refractivity contribution in [2.24, 2.45) is 0 Å². The highest BCUT2D eigenvalue weighted by molar-refractivity contribution is 4.47. The molecule has 6 heavy (non-hydrogen) atoms. The molecular formula is C6H18. The van der Waals surface area contributed by atoms with Gasteiger partial charge in [0.2, 0.25) is 0 Å².